The lowest BCUT2D eigenvalue weighted by Crippen LogP contribution is -2.65. The highest BCUT2D eigenvalue weighted by Crippen LogP contribution is 2.71. The Balaban J connectivity index is 0.886. The molecule has 8 fully saturated rings. The van der Waals surface area contributed by atoms with Crippen molar-refractivity contribution >= 4 is 0 Å². The van der Waals surface area contributed by atoms with Crippen LogP contribution in [-0.4, -0.2) is 198 Å². The van der Waals surface area contributed by atoms with Gasteiger partial charge in [0.1, 0.15) is 90.7 Å². The first-order chi connectivity index (χ1) is 30.3. The van der Waals surface area contributed by atoms with Crippen molar-refractivity contribution in [2.75, 3.05) is 26.4 Å². The zero-order valence-electron chi connectivity index (χ0n) is 37.3. The summed E-state index contributed by atoms with van der Waals surface area (Å²) in [5, 5.41) is 125. The summed E-state index contributed by atoms with van der Waals surface area (Å²) in [7, 11) is 0. The molecule has 26 atom stereocenters. The smallest absolute Gasteiger partial charge is 0.187 e. The molecule has 12 N–H and O–H groups in total. The number of hydrogen-bond acceptors (Lipinski definition) is 19. The molecule has 8 rings (SSSR count). The van der Waals surface area contributed by atoms with Crippen LogP contribution in [0.25, 0.3) is 0 Å². The molecule has 0 aromatic carbocycles. The molecule has 0 amide bonds. The highest BCUT2D eigenvalue weighted by molar-refractivity contribution is 5.26. The minimum atomic E-state index is -1.76. The monoisotopic (exact) mass is 918 g/mol. The fraction of sp³-hybridized carbons (Fsp3) is 0.956. The molecule has 0 radical (unpaired) electrons. The van der Waals surface area contributed by atoms with Gasteiger partial charge in [0, 0.05) is 5.92 Å². The van der Waals surface area contributed by atoms with Gasteiger partial charge in [-0.15, -0.1) is 0 Å². The van der Waals surface area contributed by atoms with Crippen LogP contribution in [0, 0.1) is 46.3 Å². The molecule has 0 spiro atoms. The van der Waals surface area contributed by atoms with Crippen LogP contribution >= 0.6 is 0 Å². The van der Waals surface area contributed by atoms with Gasteiger partial charge in [-0.1, -0.05) is 20.8 Å². The molecule has 4 saturated carbocycles. The topological polar surface area (TPSA) is 307 Å². The van der Waals surface area contributed by atoms with Crippen LogP contribution in [0.4, 0.5) is 0 Å². The fourth-order valence-corrected chi connectivity index (χ4v) is 13.8. The van der Waals surface area contributed by atoms with Crippen molar-refractivity contribution in [2.24, 2.45) is 46.3 Å². The van der Waals surface area contributed by atoms with E-state index in [1.807, 2.05) is 19.9 Å². The van der Waals surface area contributed by atoms with Crippen molar-refractivity contribution in [3.8, 4) is 0 Å². The normalized spacial score (nSPS) is 55.0. The molecular weight excluding hydrogens is 844 g/mol. The van der Waals surface area contributed by atoms with Gasteiger partial charge in [-0.2, -0.15) is 0 Å². The summed E-state index contributed by atoms with van der Waals surface area (Å²) in [6.45, 7) is 6.90. The predicted molar refractivity (Wildman–Crippen MR) is 219 cm³/mol. The lowest BCUT2D eigenvalue weighted by atomic mass is 9.44. The third-order valence-corrected chi connectivity index (χ3v) is 17.4. The summed E-state index contributed by atoms with van der Waals surface area (Å²) in [5.41, 5.74) is -1.30. The van der Waals surface area contributed by atoms with E-state index in [1.54, 1.807) is 0 Å². The van der Waals surface area contributed by atoms with E-state index in [0.29, 0.717) is 48.7 Å². The number of aliphatic hydroxyl groups excluding tert-OH is 11. The number of rotatable bonds is 12. The van der Waals surface area contributed by atoms with Gasteiger partial charge in [0.2, 0.25) is 0 Å². The summed E-state index contributed by atoms with van der Waals surface area (Å²) in [5.74, 6) is 1.99. The van der Waals surface area contributed by atoms with Gasteiger partial charge in [-0.25, -0.2) is 0 Å². The molecule has 0 aromatic rings. The Labute approximate surface area is 373 Å². The highest BCUT2D eigenvalue weighted by atomic mass is 16.8. The Morgan fingerprint density at radius 3 is 1.86 bits per heavy atom. The molecule has 4 aliphatic carbocycles. The van der Waals surface area contributed by atoms with E-state index in [-0.39, 0.29) is 41.5 Å². The highest BCUT2D eigenvalue weighted by Gasteiger charge is 2.69. The molecule has 368 valence electrons. The first-order valence-corrected chi connectivity index (χ1v) is 23.5. The third-order valence-electron chi connectivity index (χ3n) is 17.4. The Hall–Kier alpha value is -1.18. The lowest BCUT2D eigenvalue weighted by molar-refractivity contribution is -0.373. The Morgan fingerprint density at radius 2 is 1.22 bits per heavy atom. The van der Waals surface area contributed by atoms with Gasteiger partial charge >= 0.3 is 0 Å². The number of aliphatic hydroxyl groups is 12. The standard InChI is InChI=1S/C45H74O19/c1-19(18-58-40-36(55)33(52)30(49)26(15-46)61-40)5-8-29-45(4,57)39-25(60-29)14-24-22-7-6-20-13-21(9-11-43(20,2)23(22)10-12-44(24,39)3)59-42-38(35(54)32(51)28(17-48)63-42)64-41-37(56)34(53)31(50)27(16-47)62-41/h8,19-28,30-42,46-57H,5-7,9-18H2,1-4H3/t19-,20+,21-,22+,23-,24-,25-,26+,27+,28+,30+,31+,32-,33-,34-,35-,36+,37+,38+,39-,40+,41-,42+,43-,44-,45+/m0/s1. The summed E-state index contributed by atoms with van der Waals surface area (Å²) >= 11 is 0. The Kier molecular flexibility index (Phi) is 14.6. The van der Waals surface area contributed by atoms with Gasteiger partial charge in [-0.3, -0.25) is 0 Å². The van der Waals surface area contributed by atoms with E-state index in [4.69, 9.17) is 33.2 Å². The van der Waals surface area contributed by atoms with Gasteiger partial charge in [0.05, 0.1) is 32.5 Å². The van der Waals surface area contributed by atoms with Crippen LogP contribution in [0.1, 0.15) is 85.5 Å². The van der Waals surface area contributed by atoms with Crippen molar-refractivity contribution < 1.29 is 94.4 Å². The molecule has 19 heteroatoms. The quantitative estimate of drug-likeness (QED) is 0.0956. The molecular formula is C45H74O19. The number of allylic oxidation sites excluding steroid dienone is 1. The zero-order chi connectivity index (χ0) is 46.2. The van der Waals surface area contributed by atoms with Gasteiger partial charge in [0.25, 0.3) is 0 Å². The maximum atomic E-state index is 12.3. The van der Waals surface area contributed by atoms with Gasteiger partial charge in [0.15, 0.2) is 18.9 Å². The molecule has 19 nitrogen and oxygen atoms in total. The van der Waals surface area contributed by atoms with E-state index in [9.17, 15) is 61.3 Å². The summed E-state index contributed by atoms with van der Waals surface area (Å²) in [4.78, 5) is 0. The average Bonchev–Trinajstić information content (AvgIpc) is 3.73. The minimum Gasteiger partial charge on any atom is -0.492 e. The van der Waals surface area contributed by atoms with E-state index >= 15 is 0 Å². The molecule has 0 aromatic heterocycles. The Morgan fingerprint density at radius 1 is 0.641 bits per heavy atom. The van der Waals surface area contributed by atoms with E-state index < -0.39 is 118 Å². The van der Waals surface area contributed by atoms with Crippen molar-refractivity contribution in [1.82, 2.24) is 0 Å². The van der Waals surface area contributed by atoms with Crippen LogP contribution in [0.2, 0.25) is 0 Å². The summed E-state index contributed by atoms with van der Waals surface area (Å²) in [6.07, 6.45) is -12.7. The van der Waals surface area contributed by atoms with Crippen LogP contribution < -0.4 is 0 Å². The predicted octanol–water partition coefficient (Wildman–Crippen LogP) is -1.86. The first-order valence-electron chi connectivity index (χ1n) is 23.5. The van der Waals surface area contributed by atoms with Crippen molar-refractivity contribution in [3.05, 3.63) is 11.8 Å². The molecule has 64 heavy (non-hydrogen) atoms. The fourth-order valence-electron chi connectivity index (χ4n) is 13.8. The van der Waals surface area contributed by atoms with Crippen molar-refractivity contribution in [1.29, 1.82) is 0 Å². The second-order valence-electron chi connectivity index (χ2n) is 21.2. The van der Waals surface area contributed by atoms with Crippen LogP contribution in [0.5, 0.6) is 0 Å². The molecule has 4 heterocycles. The van der Waals surface area contributed by atoms with E-state index in [2.05, 4.69) is 13.8 Å². The largest absolute Gasteiger partial charge is 0.492 e. The second-order valence-corrected chi connectivity index (χ2v) is 21.2. The average molecular weight is 919 g/mol. The van der Waals surface area contributed by atoms with Gasteiger partial charge in [-0.05, 0) is 111 Å². The number of fused-ring (bicyclic) bond motifs is 7. The third kappa shape index (κ3) is 8.52. The first kappa shape index (κ1) is 49.2. The van der Waals surface area contributed by atoms with E-state index in [0.717, 1.165) is 38.5 Å². The zero-order valence-corrected chi connectivity index (χ0v) is 37.3. The minimum absolute atomic E-state index is 0.0209. The summed E-state index contributed by atoms with van der Waals surface area (Å²) in [6, 6.07) is 0. The van der Waals surface area contributed by atoms with Crippen molar-refractivity contribution in [3.63, 3.8) is 0 Å². The van der Waals surface area contributed by atoms with Crippen LogP contribution in [-0.2, 0) is 33.2 Å². The van der Waals surface area contributed by atoms with Crippen LogP contribution in [0.3, 0.4) is 0 Å². The molecule has 0 bridgehead atoms. The van der Waals surface area contributed by atoms with Gasteiger partial charge < -0.3 is 94.4 Å². The number of ether oxygens (including phenoxy) is 7. The summed E-state index contributed by atoms with van der Waals surface area (Å²) < 4.78 is 41.9. The van der Waals surface area contributed by atoms with Crippen LogP contribution in [0.15, 0.2) is 11.8 Å². The molecule has 4 saturated heterocycles. The Bertz CT molecular complexity index is 1620. The SMILES string of the molecule is C[C@@H](CC=C1O[C@H]2C[C@H]3[C@@H]4CC[C@@H]5C[C@@H](O[C@@H]6O[C@H](CO)[C@H](O)[C@H](O)[C@H]6O[C@@H]6O[C@H](CO)[C@@H](O)[C@H](O)[C@H]6O)CC[C@]5(C)[C@H]4CC[C@]3(C)[C@H]2[C@]1(C)O)CO[C@@H]1O[C@H](CO)[C@@H](O)[C@H](O)[C@H]1O. The molecule has 0 unspecified atom stereocenters. The lowest BCUT2D eigenvalue weighted by Gasteiger charge is -2.61. The molecule has 4 aliphatic heterocycles. The second kappa shape index (κ2) is 19.0. The maximum Gasteiger partial charge on any atom is 0.187 e. The molecule has 8 aliphatic rings. The van der Waals surface area contributed by atoms with Crippen molar-refractivity contribution in [2.45, 2.75) is 195 Å². The number of hydrogen-bond donors (Lipinski definition) is 12. The maximum absolute atomic E-state index is 12.3. The van der Waals surface area contributed by atoms with E-state index in [1.165, 1.54) is 0 Å².